The lowest BCUT2D eigenvalue weighted by Crippen LogP contribution is -2.47. The Morgan fingerprint density at radius 2 is 2.25 bits per heavy atom. The normalized spacial score (nSPS) is 26.2. The zero-order chi connectivity index (χ0) is 9.35. The largest absolute Gasteiger partial charge is 0.465 e. The minimum absolute atomic E-state index is 0.0204. The molecule has 68 valence electrons. The van der Waals surface area contributed by atoms with Crippen LogP contribution in [0.25, 0.3) is 0 Å². The van der Waals surface area contributed by atoms with Gasteiger partial charge >= 0.3 is 5.97 Å². The van der Waals surface area contributed by atoms with Crippen LogP contribution in [0.15, 0.2) is 0 Å². The summed E-state index contributed by atoms with van der Waals surface area (Å²) in [5.74, 6) is -0.187. The second-order valence-electron chi connectivity index (χ2n) is 3.99. The van der Waals surface area contributed by atoms with Crippen molar-refractivity contribution in [2.75, 3.05) is 6.61 Å². The fourth-order valence-electron chi connectivity index (χ4n) is 1.52. The molecule has 0 aromatic rings. The molecule has 0 saturated heterocycles. The Hall–Kier alpha value is -0.860. The fourth-order valence-corrected chi connectivity index (χ4v) is 1.52. The van der Waals surface area contributed by atoms with Gasteiger partial charge in [0.15, 0.2) is 0 Å². The smallest absolute Gasteiger partial charge is 0.302 e. The number of hydrogen-bond donors (Lipinski definition) is 0. The summed E-state index contributed by atoms with van der Waals surface area (Å²) in [6.45, 7) is 5.64. The van der Waals surface area contributed by atoms with Crippen LogP contribution in [-0.2, 0) is 14.3 Å². The minimum atomic E-state index is -0.314. The molecule has 0 spiro atoms. The Morgan fingerprint density at radius 1 is 1.67 bits per heavy atom. The molecule has 0 radical (unpaired) electrons. The zero-order valence-corrected chi connectivity index (χ0v) is 7.72. The van der Waals surface area contributed by atoms with Gasteiger partial charge in [-0.1, -0.05) is 13.8 Å². The van der Waals surface area contributed by atoms with E-state index >= 15 is 0 Å². The van der Waals surface area contributed by atoms with E-state index in [-0.39, 0.29) is 29.7 Å². The van der Waals surface area contributed by atoms with Crippen molar-refractivity contribution < 1.29 is 14.3 Å². The standard InChI is InChI=1S/C9H14O3/c1-6(10)12-5-7-8(11)4-9(7,2)3/h7H,4-5H2,1-3H3/t7-/m1/s1. The van der Waals surface area contributed by atoms with Gasteiger partial charge in [0, 0.05) is 13.3 Å². The summed E-state index contributed by atoms with van der Waals surface area (Å²) in [6, 6.07) is 0. The molecule has 1 fully saturated rings. The van der Waals surface area contributed by atoms with Crippen molar-refractivity contribution in [1.82, 2.24) is 0 Å². The molecule has 12 heavy (non-hydrogen) atoms. The van der Waals surface area contributed by atoms with Crippen molar-refractivity contribution in [1.29, 1.82) is 0 Å². The molecule has 0 aromatic heterocycles. The molecule has 1 aliphatic carbocycles. The number of carbonyl (C=O) groups excluding carboxylic acids is 2. The molecule has 0 amide bonds. The van der Waals surface area contributed by atoms with E-state index in [0.29, 0.717) is 6.42 Å². The molecule has 3 nitrogen and oxygen atoms in total. The van der Waals surface area contributed by atoms with Crippen molar-refractivity contribution >= 4 is 11.8 Å². The summed E-state index contributed by atoms with van der Waals surface area (Å²) in [6.07, 6.45) is 0.610. The predicted molar refractivity (Wildman–Crippen MR) is 43.5 cm³/mol. The quantitative estimate of drug-likeness (QED) is 0.584. The maximum atomic E-state index is 11.1. The molecule has 0 aromatic carbocycles. The van der Waals surface area contributed by atoms with Gasteiger partial charge in [-0.05, 0) is 5.41 Å². The van der Waals surface area contributed by atoms with Gasteiger partial charge in [-0.2, -0.15) is 0 Å². The van der Waals surface area contributed by atoms with Crippen LogP contribution in [-0.4, -0.2) is 18.4 Å². The summed E-state index contributed by atoms with van der Waals surface area (Å²) in [5.41, 5.74) is 0.0204. The second-order valence-corrected chi connectivity index (χ2v) is 3.99. The highest BCUT2D eigenvalue weighted by atomic mass is 16.5. The first-order chi connectivity index (χ1) is 5.43. The third kappa shape index (κ3) is 1.65. The van der Waals surface area contributed by atoms with Gasteiger partial charge in [-0.25, -0.2) is 0 Å². The summed E-state index contributed by atoms with van der Waals surface area (Å²) < 4.78 is 4.79. The van der Waals surface area contributed by atoms with Crippen LogP contribution in [0.3, 0.4) is 0 Å². The lowest BCUT2D eigenvalue weighted by atomic mass is 9.62. The minimum Gasteiger partial charge on any atom is -0.465 e. The highest BCUT2D eigenvalue weighted by Gasteiger charge is 2.46. The topological polar surface area (TPSA) is 43.4 Å². The van der Waals surface area contributed by atoms with Gasteiger partial charge in [0.05, 0.1) is 5.92 Å². The van der Waals surface area contributed by atoms with Gasteiger partial charge in [-0.3, -0.25) is 9.59 Å². The summed E-state index contributed by atoms with van der Waals surface area (Å²) >= 11 is 0. The Kier molecular flexibility index (Phi) is 2.22. The number of ketones is 1. The third-order valence-corrected chi connectivity index (χ3v) is 2.42. The van der Waals surface area contributed by atoms with Crippen molar-refractivity contribution in [3.8, 4) is 0 Å². The number of hydrogen-bond acceptors (Lipinski definition) is 3. The van der Waals surface area contributed by atoms with Crippen molar-refractivity contribution in [3.63, 3.8) is 0 Å². The van der Waals surface area contributed by atoms with Gasteiger partial charge in [0.2, 0.25) is 0 Å². The van der Waals surface area contributed by atoms with E-state index in [4.69, 9.17) is 4.74 Å². The first-order valence-corrected chi connectivity index (χ1v) is 4.09. The average molecular weight is 170 g/mol. The Labute approximate surface area is 72.1 Å². The van der Waals surface area contributed by atoms with Gasteiger partial charge in [-0.15, -0.1) is 0 Å². The van der Waals surface area contributed by atoms with E-state index in [9.17, 15) is 9.59 Å². The molecule has 0 N–H and O–H groups in total. The maximum absolute atomic E-state index is 11.1. The number of carbonyl (C=O) groups is 2. The van der Waals surface area contributed by atoms with Gasteiger partial charge in [0.1, 0.15) is 12.4 Å². The molecule has 1 rings (SSSR count). The van der Waals surface area contributed by atoms with Crippen LogP contribution in [0.5, 0.6) is 0 Å². The van der Waals surface area contributed by atoms with E-state index in [2.05, 4.69) is 0 Å². The number of esters is 1. The number of rotatable bonds is 2. The molecule has 0 aliphatic heterocycles. The molecule has 1 aliphatic rings. The number of ether oxygens (including phenoxy) is 1. The lowest BCUT2D eigenvalue weighted by Gasteiger charge is -2.41. The monoisotopic (exact) mass is 170 g/mol. The summed E-state index contributed by atoms with van der Waals surface area (Å²) in [7, 11) is 0. The van der Waals surface area contributed by atoms with E-state index < -0.39 is 0 Å². The van der Waals surface area contributed by atoms with Crippen molar-refractivity contribution in [2.45, 2.75) is 27.2 Å². The van der Waals surface area contributed by atoms with E-state index in [0.717, 1.165) is 0 Å². The first kappa shape index (κ1) is 9.23. The zero-order valence-electron chi connectivity index (χ0n) is 7.72. The van der Waals surface area contributed by atoms with Crippen LogP contribution in [0.4, 0.5) is 0 Å². The molecular formula is C9H14O3. The van der Waals surface area contributed by atoms with E-state index in [1.54, 1.807) is 0 Å². The molecular weight excluding hydrogens is 156 g/mol. The van der Waals surface area contributed by atoms with Crippen LogP contribution < -0.4 is 0 Å². The Bertz CT molecular complexity index is 218. The maximum Gasteiger partial charge on any atom is 0.302 e. The summed E-state index contributed by atoms with van der Waals surface area (Å²) in [4.78, 5) is 21.5. The second kappa shape index (κ2) is 2.88. The summed E-state index contributed by atoms with van der Waals surface area (Å²) in [5, 5.41) is 0. The van der Waals surface area contributed by atoms with Crippen molar-refractivity contribution in [2.24, 2.45) is 11.3 Å². The first-order valence-electron chi connectivity index (χ1n) is 4.09. The molecule has 1 saturated carbocycles. The van der Waals surface area contributed by atoms with Crippen LogP contribution >= 0.6 is 0 Å². The molecule has 1 atom stereocenters. The predicted octanol–water partition coefficient (Wildman–Crippen LogP) is 1.16. The Morgan fingerprint density at radius 3 is 2.58 bits per heavy atom. The molecule has 0 bridgehead atoms. The van der Waals surface area contributed by atoms with Crippen LogP contribution in [0.2, 0.25) is 0 Å². The molecule has 0 unspecified atom stereocenters. The molecule has 3 heteroatoms. The molecule has 0 heterocycles. The lowest BCUT2D eigenvalue weighted by molar-refractivity contribution is -0.153. The van der Waals surface area contributed by atoms with E-state index in [1.807, 2.05) is 13.8 Å². The Balaban J connectivity index is 2.41. The van der Waals surface area contributed by atoms with E-state index in [1.165, 1.54) is 6.92 Å². The SMILES string of the molecule is CC(=O)OC[C@@H]1C(=O)CC1(C)C. The fraction of sp³-hybridized carbons (Fsp3) is 0.778. The van der Waals surface area contributed by atoms with Crippen LogP contribution in [0.1, 0.15) is 27.2 Å². The highest BCUT2D eigenvalue weighted by Crippen LogP contribution is 2.42. The van der Waals surface area contributed by atoms with Crippen LogP contribution in [0, 0.1) is 11.3 Å². The third-order valence-electron chi connectivity index (χ3n) is 2.42. The average Bonchev–Trinajstić information content (AvgIpc) is 1.84. The van der Waals surface area contributed by atoms with Gasteiger partial charge < -0.3 is 4.74 Å². The number of Topliss-reactive ketones (excluding diaryl/α,β-unsaturated/α-hetero) is 1. The van der Waals surface area contributed by atoms with Crippen molar-refractivity contribution in [3.05, 3.63) is 0 Å². The highest BCUT2D eigenvalue weighted by molar-refractivity contribution is 5.89. The van der Waals surface area contributed by atoms with Gasteiger partial charge in [0.25, 0.3) is 0 Å².